The molecular formula is C14H17N3O2S. The summed E-state index contributed by atoms with van der Waals surface area (Å²) in [5.41, 5.74) is 2.06. The predicted molar refractivity (Wildman–Crippen MR) is 75.2 cm³/mol. The summed E-state index contributed by atoms with van der Waals surface area (Å²) in [5, 5.41) is 6.83. The summed E-state index contributed by atoms with van der Waals surface area (Å²) in [7, 11) is -3.38. The highest BCUT2D eigenvalue weighted by Gasteiger charge is 2.28. The van der Waals surface area contributed by atoms with Gasteiger partial charge in [-0.15, -0.1) is 0 Å². The molecule has 0 saturated heterocycles. The molecule has 1 saturated carbocycles. The maximum atomic E-state index is 12.4. The molecule has 20 heavy (non-hydrogen) atoms. The van der Waals surface area contributed by atoms with Gasteiger partial charge >= 0.3 is 0 Å². The zero-order valence-electron chi connectivity index (χ0n) is 11.5. The normalized spacial score (nSPS) is 15.5. The summed E-state index contributed by atoms with van der Waals surface area (Å²) in [6.07, 6.45) is 2.20. The molecule has 1 aromatic heterocycles. The highest BCUT2D eigenvalue weighted by atomic mass is 32.2. The Kier molecular flexibility index (Phi) is 3.12. The number of aromatic amines is 1. The first-order valence-corrected chi connectivity index (χ1v) is 8.32. The quantitative estimate of drug-likeness (QED) is 0.937. The number of sulfone groups is 1. The molecule has 1 aliphatic carbocycles. The molecule has 1 heterocycles. The molecule has 1 aromatic carbocycles. The number of aryl methyl sites for hydroxylation is 2. The third-order valence-corrected chi connectivity index (χ3v) is 5.28. The van der Waals surface area contributed by atoms with Gasteiger partial charge in [-0.1, -0.05) is 6.07 Å². The van der Waals surface area contributed by atoms with Gasteiger partial charge in [0.15, 0.2) is 15.7 Å². The number of nitrogens with one attached hydrogen (secondary N) is 1. The van der Waals surface area contributed by atoms with Crippen molar-refractivity contribution >= 4 is 9.84 Å². The lowest BCUT2D eigenvalue weighted by Crippen LogP contribution is -2.07. The maximum absolute atomic E-state index is 12.4. The third-order valence-electron chi connectivity index (χ3n) is 3.66. The second-order valence-electron chi connectivity index (χ2n) is 5.42. The lowest BCUT2D eigenvalue weighted by molar-refractivity contribution is 0.593. The van der Waals surface area contributed by atoms with Gasteiger partial charge in [0.25, 0.3) is 0 Å². The molecule has 106 valence electrons. The van der Waals surface area contributed by atoms with E-state index >= 15 is 0 Å². The molecule has 1 N–H and O–H groups in total. The molecule has 2 aromatic rings. The predicted octanol–water partition coefficient (Wildman–Crippen LogP) is 2.27. The van der Waals surface area contributed by atoms with Crippen molar-refractivity contribution in [2.75, 3.05) is 0 Å². The number of nitrogens with zero attached hydrogens (tertiary/aromatic N) is 2. The Hall–Kier alpha value is -1.69. The molecule has 0 amide bonds. The van der Waals surface area contributed by atoms with Gasteiger partial charge in [0, 0.05) is 5.92 Å². The fourth-order valence-corrected chi connectivity index (χ4v) is 3.36. The van der Waals surface area contributed by atoms with Crippen LogP contribution in [0, 0.1) is 13.8 Å². The van der Waals surface area contributed by atoms with Gasteiger partial charge in [0.2, 0.25) is 0 Å². The van der Waals surface area contributed by atoms with Crippen LogP contribution in [0.3, 0.4) is 0 Å². The van der Waals surface area contributed by atoms with Crippen molar-refractivity contribution in [3.63, 3.8) is 0 Å². The first-order valence-electron chi connectivity index (χ1n) is 6.67. The Labute approximate surface area is 118 Å². The minimum absolute atomic E-state index is 0.130. The molecule has 3 rings (SSSR count). The number of benzene rings is 1. The highest BCUT2D eigenvalue weighted by molar-refractivity contribution is 7.90. The summed E-state index contributed by atoms with van der Waals surface area (Å²) in [4.78, 5) is 4.62. The number of hydrogen-bond donors (Lipinski definition) is 1. The minimum atomic E-state index is -3.38. The molecule has 0 radical (unpaired) electrons. The third kappa shape index (κ3) is 2.60. The van der Waals surface area contributed by atoms with Crippen molar-refractivity contribution in [3.05, 3.63) is 41.0 Å². The Morgan fingerprint density at radius 1 is 1.25 bits per heavy atom. The largest absolute Gasteiger partial charge is 0.262 e. The van der Waals surface area contributed by atoms with E-state index in [-0.39, 0.29) is 5.75 Å². The van der Waals surface area contributed by atoms with Gasteiger partial charge in [-0.3, -0.25) is 5.10 Å². The van der Waals surface area contributed by atoms with Crippen LogP contribution in [0.1, 0.15) is 41.5 Å². The number of H-pyrrole nitrogens is 1. The molecule has 1 aliphatic rings. The Bertz CT molecular complexity index is 746. The van der Waals surface area contributed by atoms with Gasteiger partial charge < -0.3 is 0 Å². The van der Waals surface area contributed by atoms with Crippen molar-refractivity contribution < 1.29 is 8.42 Å². The van der Waals surface area contributed by atoms with Gasteiger partial charge in [0.05, 0.1) is 4.90 Å². The fraction of sp³-hybridized carbons (Fsp3) is 0.429. The van der Waals surface area contributed by atoms with Crippen LogP contribution < -0.4 is 0 Å². The summed E-state index contributed by atoms with van der Waals surface area (Å²) in [5.74, 6) is 1.46. The molecule has 6 heteroatoms. The Balaban J connectivity index is 1.84. The first-order chi connectivity index (χ1) is 9.45. The molecule has 0 aliphatic heterocycles. The average Bonchev–Trinajstić information content (AvgIpc) is 3.14. The standard InChI is InChI=1S/C14H17N3O2S/c1-9-3-6-12(7-10(9)2)20(18,19)8-13-15-14(17-16-13)11-4-5-11/h3,6-7,11H,4-5,8H2,1-2H3,(H,15,16,17). The number of rotatable bonds is 4. The highest BCUT2D eigenvalue weighted by Crippen LogP contribution is 2.37. The maximum Gasteiger partial charge on any atom is 0.185 e. The Morgan fingerprint density at radius 2 is 2.00 bits per heavy atom. The fourth-order valence-electron chi connectivity index (χ4n) is 2.07. The Morgan fingerprint density at radius 3 is 2.65 bits per heavy atom. The summed E-state index contributed by atoms with van der Waals surface area (Å²) in [6, 6.07) is 5.19. The van der Waals surface area contributed by atoms with Gasteiger partial charge in [0.1, 0.15) is 11.6 Å². The van der Waals surface area contributed by atoms with Crippen LogP contribution >= 0.6 is 0 Å². The van der Waals surface area contributed by atoms with E-state index in [1.807, 2.05) is 19.9 Å². The van der Waals surface area contributed by atoms with Crippen molar-refractivity contribution in [1.29, 1.82) is 0 Å². The van der Waals surface area contributed by atoms with Gasteiger partial charge in [-0.2, -0.15) is 5.10 Å². The van der Waals surface area contributed by atoms with Crippen LogP contribution in [-0.4, -0.2) is 23.6 Å². The minimum Gasteiger partial charge on any atom is -0.262 e. The van der Waals surface area contributed by atoms with E-state index in [1.165, 1.54) is 0 Å². The lowest BCUT2D eigenvalue weighted by atomic mass is 10.1. The number of hydrogen-bond acceptors (Lipinski definition) is 4. The molecule has 0 unspecified atom stereocenters. The van der Waals surface area contributed by atoms with Gasteiger partial charge in [-0.25, -0.2) is 13.4 Å². The summed E-state index contributed by atoms with van der Waals surface area (Å²) < 4.78 is 24.7. The SMILES string of the molecule is Cc1ccc(S(=O)(=O)Cc2nc(C3CC3)n[nH]2)cc1C. The zero-order chi connectivity index (χ0) is 14.3. The average molecular weight is 291 g/mol. The molecule has 0 spiro atoms. The van der Waals surface area contributed by atoms with E-state index in [4.69, 9.17) is 0 Å². The second kappa shape index (κ2) is 4.70. The first kappa shape index (κ1) is 13.3. The topological polar surface area (TPSA) is 75.7 Å². The summed E-state index contributed by atoms with van der Waals surface area (Å²) in [6.45, 7) is 3.87. The van der Waals surface area contributed by atoms with Crippen LogP contribution in [0.5, 0.6) is 0 Å². The van der Waals surface area contributed by atoms with Crippen LogP contribution in [0.4, 0.5) is 0 Å². The van der Waals surface area contributed by atoms with Crippen LogP contribution in [-0.2, 0) is 15.6 Å². The zero-order valence-corrected chi connectivity index (χ0v) is 12.4. The van der Waals surface area contributed by atoms with Crippen LogP contribution in [0.2, 0.25) is 0 Å². The van der Waals surface area contributed by atoms with Gasteiger partial charge in [-0.05, 0) is 49.9 Å². The van der Waals surface area contributed by atoms with E-state index in [0.717, 1.165) is 29.8 Å². The molecule has 0 atom stereocenters. The molecular weight excluding hydrogens is 274 g/mol. The molecule has 1 fully saturated rings. The van der Waals surface area contributed by atoms with E-state index in [9.17, 15) is 8.42 Å². The van der Waals surface area contributed by atoms with E-state index in [0.29, 0.717) is 16.6 Å². The van der Waals surface area contributed by atoms with Crippen molar-refractivity contribution in [3.8, 4) is 0 Å². The van der Waals surface area contributed by atoms with Crippen molar-refractivity contribution in [1.82, 2.24) is 15.2 Å². The summed E-state index contributed by atoms with van der Waals surface area (Å²) >= 11 is 0. The monoisotopic (exact) mass is 291 g/mol. The smallest absolute Gasteiger partial charge is 0.185 e. The van der Waals surface area contributed by atoms with Crippen molar-refractivity contribution in [2.24, 2.45) is 0 Å². The molecule has 0 bridgehead atoms. The lowest BCUT2D eigenvalue weighted by Gasteiger charge is -2.05. The van der Waals surface area contributed by atoms with Crippen LogP contribution in [0.15, 0.2) is 23.1 Å². The molecule has 5 nitrogen and oxygen atoms in total. The van der Waals surface area contributed by atoms with E-state index in [1.54, 1.807) is 12.1 Å². The van der Waals surface area contributed by atoms with Crippen molar-refractivity contribution in [2.45, 2.75) is 43.3 Å². The van der Waals surface area contributed by atoms with E-state index in [2.05, 4.69) is 15.2 Å². The second-order valence-corrected chi connectivity index (χ2v) is 7.41. The van der Waals surface area contributed by atoms with Crippen LogP contribution in [0.25, 0.3) is 0 Å². The van der Waals surface area contributed by atoms with E-state index < -0.39 is 9.84 Å². The number of aromatic nitrogens is 3.